The maximum atomic E-state index is 12.2. The van der Waals surface area contributed by atoms with Crippen LogP contribution in [0.4, 0.5) is 0 Å². The minimum atomic E-state index is -3.57. The fourth-order valence-electron chi connectivity index (χ4n) is 1.64. The van der Waals surface area contributed by atoms with Crippen molar-refractivity contribution in [3.05, 3.63) is 35.4 Å². The van der Waals surface area contributed by atoms with Crippen LogP contribution in [0.1, 0.15) is 25.0 Å². The van der Waals surface area contributed by atoms with Gasteiger partial charge < -0.3 is 14.2 Å². The maximum absolute atomic E-state index is 12.2. The van der Waals surface area contributed by atoms with Gasteiger partial charge in [-0.3, -0.25) is 4.57 Å². The van der Waals surface area contributed by atoms with Gasteiger partial charge in [0.05, 0.1) is 0 Å². The predicted octanol–water partition coefficient (Wildman–Crippen LogP) is 2.90. The van der Waals surface area contributed by atoms with Crippen molar-refractivity contribution in [2.24, 2.45) is 0 Å². The van der Waals surface area contributed by atoms with Crippen LogP contribution >= 0.6 is 7.60 Å². The van der Waals surface area contributed by atoms with Crippen LogP contribution in [0.25, 0.3) is 0 Å². The third-order valence-corrected chi connectivity index (χ3v) is 5.21. The van der Waals surface area contributed by atoms with Crippen molar-refractivity contribution in [3.8, 4) is 0 Å². The molecule has 0 aromatic heterocycles. The van der Waals surface area contributed by atoms with E-state index in [0.717, 1.165) is 12.0 Å². The van der Waals surface area contributed by atoms with E-state index in [1.807, 2.05) is 19.1 Å². The molecule has 0 aliphatic carbocycles. The van der Waals surface area contributed by atoms with E-state index in [1.54, 1.807) is 12.1 Å². The largest absolute Gasteiger partial charge is 0.373 e. The molecule has 1 atom stereocenters. The second-order valence-corrected chi connectivity index (χ2v) is 6.53. The molecule has 0 aliphatic rings. The van der Waals surface area contributed by atoms with Crippen LogP contribution in [-0.2, 0) is 25.4 Å². The van der Waals surface area contributed by atoms with E-state index in [1.165, 1.54) is 21.1 Å². The molecule has 0 unspecified atom stereocenters. The molecule has 17 heavy (non-hydrogen) atoms. The first-order valence-electron chi connectivity index (χ1n) is 5.44. The molecule has 1 aromatic rings. The van der Waals surface area contributed by atoms with Crippen LogP contribution in [0, 0.1) is 0 Å². The molecule has 0 fully saturated rings. The summed E-state index contributed by atoms with van der Waals surface area (Å²) >= 11 is 0. The number of aryl methyl sites for hydroxylation is 1. The van der Waals surface area contributed by atoms with Gasteiger partial charge in [0.15, 0.2) is 5.34 Å². The lowest BCUT2D eigenvalue weighted by Gasteiger charge is -2.30. The molecule has 0 spiro atoms. The molecule has 5 heteroatoms. The molecule has 0 bridgehead atoms. The van der Waals surface area contributed by atoms with Crippen molar-refractivity contribution in [3.63, 3.8) is 0 Å². The Morgan fingerprint density at radius 1 is 1.24 bits per heavy atom. The summed E-state index contributed by atoms with van der Waals surface area (Å²) in [6, 6.07) is 7.26. The van der Waals surface area contributed by atoms with Crippen LogP contribution < -0.4 is 0 Å². The van der Waals surface area contributed by atoms with Crippen LogP contribution in [0.3, 0.4) is 0 Å². The van der Waals surface area contributed by atoms with Crippen molar-refractivity contribution in [1.29, 1.82) is 0 Å². The molecule has 1 rings (SSSR count). The third-order valence-electron chi connectivity index (χ3n) is 2.92. The summed E-state index contributed by atoms with van der Waals surface area (Å²) in [6.45, 7) is 3.48. The molecule has 0 heterocycles. The molecule has 96 valence electrons. The molecule has 0 saturated carbocycles. The summed E-state index contributed by atoms with van der Waals surface area (Å²) < 4.78 is 21.9. The van der Waals surface area contributed by atoms with Crippen molar-refractivity contribution in [2.45, 2.75) is 25.6 Å². The molecule has 1 N–H and O–H groups in total. The summed E-state index contributed by atoms with van der Waals surface area (Å²) in [5, 5.41) is 8.71. The summed E-state index contributed by atoms with van der Waals surface area (Å²) in [6.07, 6.45) is 0.911. The van der Waals surface area contributed by atoms with Gasteiger partial charge in [0, 0.05) is 14.2 Å². The highest BCUT2D eigenvalue weighted by Gasteiger charge is 2.46. The Balaban J connectivity index is 3.15. The Morgan fingerprint density at radius 3 is 2.06 bits per heavy atom. The minimum absolute atomic E-state index is 0.515. The fraction of sp³-hybridized carbons (Fsp3) is 0.500. The Labute approximate surface area is 102 Å². The van der Waals surface area contributed by atoms with E-state index in [2.05, 4.69) is 0 Å². The Bertz CT molecular complexity index is 403. The summed E-state index contributed by atoms with van der Waals surface area (Å²) in [5.41, 5.74) is 1.66. The zero-order chi connectivity index (χ0) is 13.1. The van der Waals surface area contributed by atoms with Gasteiger partial charge in [-0.05, 0) is 24.5 Å². The normalized spacial score (nSPS) is 15.6. The first kappa shape index (κ1) is 14.4. The van der Waals surface area contributed by atoms with Gasteiger partial charge in [0.2, 0.25) is 0 Å². The summed E-state index contributed by atoms with van der Waals surface area (Å²) in [4.78, 5) is 0. The SMILES string of the molecule is CCc1ccc([C@](C)(O)P(=O)(OC)OC)cc1. The first-order chi connectivity index (χ1) is 7.91. The van der Waals surface area contributed by atoms with Crippen LogP contribution in [0.5, 0.6) is 0 Å². The molecule has 0 saturated heterocycles. The van der Waals surface area contributed by atoms with Crippen molar-refractivity contribution in [1.82, 2.24) is 0 Å². The van der Waals surface area contributed by atoms with Gasteiger partial charge in [-0.25, -0.2) is 0 Å². The van der Waals surface area contributed by atoms with E-state index in [-0.39, 0.29) is 0 Å². The Hall–Kier alpha value is -0.670. The standard InChI is InChI=1S/C12H19O4P/c1-5-10-6-8-11(9-7-10)12(2,13)17(14,15-3)16-4/h6-9,13H,5H2,1-4H3/t12-/m1/s1. The van der Waals surface area contributed by atoms with Gasteiger partial charge >= 0.3 is 7.60 Å². The third kappa shape index (κ3) is 2.61. The number of hydrogen-bond donors (Lipinski definition) is 1. The van der Waals surface area contributed by atoms with E-state index >= 15 is 0 Å². The molecule has 0 amide bonds. The molecular formula is C12H19O4P. The van der Waals surface area contributed by atoms with Crippen LogP contribution in [0.2, 0.25) is 0 Å². The zero-order valence-electron chi connectivity index (χ0n) is 10.6. The average molecular weight is 258 g/mol. The number of hydrogen-bond acceptors (Lipinski definition) is 4. The number of benzene rings is 1. The molecule has 0 radical (unpaired) electrons. The van der Waals surface area contributed by atoms with Gasteiger partial charge in [0.1, 0.15) is 0 Å². The van der Waals surface area contributed by atoms with Gasteiger partial charge in [-0.1, -0.05) is 31.2 Å². The maximum Gasteiger partial charge on any atom is 0.365 e. The first-order valence-corrected chi connectivity index (χ1v) is 6.99. The Morgan fingerprint density at radius 2 is 1.71 bits per heavy atom. The topological polar surface area (TPSA) is 55.8 Å². The highest BCUT2D eigenvalue weighted by atomic mass is 31.2. The molecular weight excluding hydrogens is 239 g/mol. The Kier molecular flexibility index (Phi) is 4.50. The molecule has 4 nitrogen and oxygen atoms in total. The van der Waals surface area contributed by atoms with Crippen molar-refractivity contribution >= 4 is 7.60 Å². The molecule has 1 aromatic carbocycles. The second-order valence-electron chi connectivity index (χ2n) is 3.93. The zero-order valence-corrected chi connectivity index (χ0v) is 11.5. The quantitative estimate of drug-likeness (QED) is 0.825. The average Bonchev–Trinajstić information content (AvgIpc) is 2.37. The van der Waals surface area contributed by atoms with Gasteiger partial charge in [0.25, 0.3) is 0 Å². The van der Waals surface area contributed by atoms with Crippen LogP contribution in [-0.4, -0.2) is 19.3 Å². The smallest absolute Gasteiger partial charge is 0.365 e. The lowest BCUT2D eigenvalue weighted by atomic mass is 10.1. The van der Waals surface area contributed by atoms with Gasteiger partial charge in [-0.2, -0.15) is 0 Å². The van der Waals surface area contributed by atoms with Gasteiger partial charge in [-0.15, -0.1) is 0 Å². The van der Waals surface area contributed by atoms with E-state index < -0.39 is 12.9 Å². The lowest BCUT2D eigenvalue weighted by Crippen LogP contribution is -2.23. The predicted molar refractivity (Wildman–Crippen MR) is 67.0 cm³/mol. The monoisotopic (exact) mass is 258 g/mol. The fourth-order valence-corrected chi connectivity index (χ4v) is 2.97. The van der Waals surface area contributed by atoms with Crippen molar-refractivity contribution in [2.75, 3.05) is 14.2 Å². The lowest BCUT2D eigenvalue weighted by molar-refractivity contribution is 0.0932. The van der Waals surface area contributed by atoms with E-state index in [9.17, 15) is 9.67 Å². The molecule has 0 aliphatic heterocycles. The highest BCUT2D eigenvalue weighted by Crippen LogP contribution is 2.62. The number of rotatable bonds is 5. The van der Waals surface area contributed by atoms with Crippen molar-refractivity contribution < 1.29 is 18.7 Å². The second kappa shape index (κ2) is 5.32. The van der Waals surface area contributed by atoms with E-state index in [4.69, 9.17) is 9.05 Å². The highest BCUT2D eigenvalue weighted by molar-refractivity contribution is 7.54. The minimum Gasteiger partial charge on any atom is -0.373 e. The summed E-state index contributed by atoms with van der Waals surface area (Å²) in [7, 11) is -1.05. The van der Waals surface area contributed by atoms with E-state index in [0.29, 0.717) is 5.56 Å². The summed E-state index contributed by atoms with van der Waals surface area (Å²) in [5.74, 6) is 0. The van der Waals surface area contributed by atoms with Crippen LogP contribution in [0.15, 0.2) is 24.3 Å². The number of aliphatic hydroxyl groups is 1.